The summed E-state index contributed by atoms with van der Waals surface area (Å²) in [4.78, 5) is 33.9. The van der Waals surface area contributed by atoms with Crippen LogP contribution in [0.25, 0.3) is 11.0 Å². The van der Waals surface area contributed by atoms with Crippen molar-refractivity contribution in [1.82, 2.24) is 20.2 Å². The maximum Gasteiger partial charge on any atom is 0.243 e. The number of aromatic nitrogens is 2. The number of carbonyl (C=O) groups is 2. The second-order valence-electron chi connectivity index (χ2n) is 6.13. The van der Waals surface area contributed by atoms with Crippen molar-refractivity contribution < 1.29 is 9.59 Å². The van der Waals surface area contributed by atoms with Gasteiger partial charge in [0.25, 0.3) is 0 Å². The van der Waals surface area contributed by atoms with Gasteiger partial charge in [-0.05, 0) is 38.0 Å². The lowest BCUT2D eigenvalue weighted by molar-refractivity contribution is -0.137. The van der Waals surface area contributed by atoms with Crippen molar-refractivity contribution in [3.8, 4) is 0 Å². The molecule has 2 N–H and O–H groups in total. The zero-order chi connectivity index (χ0) is 17.3. The van der Waals surface area contributed by atoms with Crippen LogP contribution in [0.1, 0.15) is 45.0 Å². The molecule has 1 fully saturated rings. The van der Waals surface area contributed by atoms with Gasteiger partial charge in [-0.1, -0.05) is 18.5 Å². The highest BCUT2D eigenvalue weighted by molar-refractivity contribution is 6.31. The summed E-state index contributed by atoms with van der Waals surface area (Å²) >= 11 is 5.98. The molecule has 6 nitrogen and oxygen atoms in total. The smallest absolute Gasteiger partial charge is 0.243 e. The normalized spacial score (nSPS) is 17.3. The Balaban J connectivity index is 1.73. The van der Waals surface area contributed by atoms with Gasteiger partial charge in [-0.15, -0.1) is 0 Å². The molecule has 0 aliphatic carbocycles. The zero-order valence-electron chi connectivity index (χ0n) is 13.8. The predicted octanol–water partition coefficient (Wildman–Crippen LogP) is 2.79. The van der Waals surface area contributed by atoms with Gasteiger partial charge in [-0.25, -0.2) is 4.98 Å². The van der Waals surface area contributed by atoms with E-state index in [9.17, 15) is 9.59 Å². The number of amides is 2. The first-order valence-electron chi connectivity index (χ1n) is 8.24. The molecule has 1 saturated heterocycles. The third kappa shape index (κ3) is 3.24. The second-order valence-corrected chi connectivity index (χ2v) is 6.56. The molecule has 0 spiro atoms. The Morgan fingerprint density at radius 3 is 2.96 bits per heavy atom. The topological polar surface area (TPSA) is 78.1 Å². The number of nitrogens with zero attached hydrogens (tertiary/aromatic N) is 2. The molecule has 2 heterocycles. The van der Waals surface area contributed by atoms with Crippen molar-refractivity contribution in [1.29, 1.82) is 0 Å². The number of rotatable bonds is 5. The summed E-state index contributed by atoms with van der Waals surface area (Å²) in [5.74, 6) is 0.588. The van der Waals surface area contributed by atoms with Crippen LogP contribution >= 0.6 is 11.6 Å². The van der Waals surface area contributed by atoms with E-state index >= 15 is 0 Å². The van der Waals surface area contributed by atoms with E-state index in [1.165, 1.54) is 0 Å². The van der Waals surface area contributed by atoms with Crippen molar-refractivity contribution in [3.63, 3.8) is 0 Å². The summed E-state index contributed by atoms with van der Waals surface area (Å²) in [7, 11) is 0. The number of fused-ring (bicyclic) bond motifs is 1. The number of hydrogen-bond acceptors (Lipinski definition) is 3. The Morgan fingerprint density at radius 2 is 2.29 bits per heavy atom. The Kier molecular flexibility index (Phi) is 4.76. The van der Waals surface area contributed by atoms with Crippen LogP contribution in [-0.2, 0) is 9.59 Å². The van der Waals surface area contributed by atoms with E-state index in [1.807, 2.05) is 19.9 Å². The molecule has 128 valence electrons. The lowest BCUT2D eigenvalue weighted by Crippen LogP contribution is -2.47. The lowest BCUT2D eigenvalue weighted by Gasteiger charge is -2.26. The maximum absolute atomic E-state index is 12.6. The Bertz CT molecular complexity index is 773. The van der Waals surface area contributed by atoms with Crippen LogP contribution in [-0.4, -0.2) is 39.3 Å². The van der Waals surface area contributed by atoms with Crippen molar-refractivity contribution in [2.24, 2.45) is 0 Å². The minimum absolute atomic E-state index is 0.0584. The highest BCUT2D eigenvalue weighted by Crippen LogP contribution is 2.21. The minimum Gasteiger partial charge on any atom is -0.345 e. The number of halogens is 1. The first-order chi connectivity index (χ1) is 11.5. The van der Waals surface area contributed by atoms with Gasteiger partial charge in [0.05, 0.1) is 17.1 Å². The summed E-state index contributed by atoms with van der Waals surface area (Å²) in [6, 6.07) is 4.73. The molecule has 0 radical (unpaired) electrons. The van der Waals surface area contributed by atoms with Gasteiger partial charge < -0.3 is 15.2 Å². The molecule has 0 unspecified atom stereocenters. The first-order valence-corrected chi connectivity index (χ1v) is 8.62. The fourth-order valence-electron chi connectivity index (χ4n) is 3.13. The molecule has 2 aromatic rings. The van der Waals surface area contributed by atoms with Gasteiger partial charge in [0.1, 0.15) is 11.9 Å². The van der Waals surface area contributed by atoms with Gasteiger partial charge in [-0.2, -0.15) is 0 Å². The van der Waals surface area contributed by atoms with Crippen LogP contribution in [0, 0.1) is 0 Å². The number of imidazole rings is 1. The molecule has 1 aromatic carbocycles. The number of hydrogen-bond donors (Lipinski definition) is 2. The third-order valence-corrected chi connectivity index (χ3v) is 4.64. The van der Waals surface area contributed by atoms with Crippen molar-refractivity contribution in [2.75, 3.05) is 6.54 Å². The van der Waals surface area contributed by atoms with Gasteiger partial charge in [0, 0.05) is 18.0 Å². The molecule has 1 aliphatic rings. The summed E-state index contributed by atoms with van der Waals surface area (Å²) in [5, 5.41) is 3.59. The summed E-state index contributed by atoms with van der Waals surface area (Å²) in [6.45, 7) is 4.45. The van der Waals surface area contributed by atoms with Crippen LogP contribution in [0.5, 0.6) is 0 Å². The van der Waals surface area contributed by atoms with E-state index in [1.54, 1.807) is 17.0 Å². The monoisotopic (exact) mass is 348 g/mol. The molecular formula is C17H21ClN4O2. The minimum atomic E-state index is -0.415. The van der Waals surface area contributed by atoms with Gasteiger partial charge in [0.2, 0.25) is 11.8 Å². The largest absolute Gasteiger partial charge is 0.345 e. The van der Waals surface area contributed by atoms with Crippen LogP contribution < -0.4 is 5.32 Å². The van der Waals surface area contributed by atoms with E-state index in [0.29, 0.717) is 30.2 Å². The van der Waals surface area contributed by atoms with Gasteiger partial charge in [-0.3, -0.25) is 9.59 Å². The average molecular weight is 349 g/mol. The SMILES string of the molecule is CC[C@@H](C(=O)N[C@@H](C)c1nc2ccc(Cl)cc2[nH]1)N1CCCC1=O. The maximum atomic E-state index is 12.6. The highest BCUT2D eigenvalue weighted by atomic mass is 35.5. The Hall–Kier alpha value is -2.08. The van der Waals surface area contributed by atoms with Crippen LogP contribution in [0.15, 0.2) is 18.2 Å². The number of nitrogens with one attached hydrogen (secondary N) is 2. The zero-order valence-corrected chi connectivity index (χ0v) is 14.6. The number of carbonyl (C=O) groups excluding carboxylic acids is 2. The van der Waals surface area contributed by atoms with Gasteiger partial charge >= 0.3 is 0 Å². The molecule has 1 aromatic heterocycles. The standard InChI is InChI=1S/C17H21ClN4O2/c1-3-14(22-8-4-5-15(22)23)17(24)19-10(2)16-20-12-7-6-11(18)9-13(12)21-16/h6-7,9-10,14H,3-5,8H2,1-2H3,(H,19,24)(H,20,21)/t10-,14-/m0/s1. The second kappa shape index (κ2) is 6.81. The fraction of sp³-hybridized carbons (Fsp3) is 0.471. The third-order valence-electron chi connectivity index (χ3n) is 4.41. The number of benzene rings is 1. The Labute approximate surface area is 145 Å². The molecule has 3 rings (SSSR count). The molecule has 7 heteroatoms. The molecule has 2 amide bonds. The van der Waals surface area contributed by atoms with E-state index in [0.717, 1.165) is 17.5 Å². The molecule has 0 saturated carbocycles. The Morgan fingerprint density at radius 1 is 1.50 bits per heavy atom. The molecule has 0 bridgehead atoms. The van der Waals surface area contributed by atoms with Gasteiger partial charge in [0.15, 0.2) is 0 Å². The van der Waals surface area contributed by atoms with Crippen LogP contribution in [0.2, 0.25) is 5.02 Å². The van der Waals surface area contributed by atoms with Crippen molar-refractivity contribution in [2.45, 2.75) is 45.2 Å². The quantitative estimate of drug-likeness (QED) is 0.872. The van der Waals surface area contributed by atoms with E-state index < -0.39 is 6.04 Å². The number of H-pyrrole nitrogens is 1. The van der Waals surface area contributed by atoms with Crippen molar-refractivity contribution >= 4 is 34.4 Å². The lowest BCUT2D eigenvalue weighted by atomic mass is 10.1. The molecule has 24 heavy (non-hydrogen) atoms. The fourth-order valence-corrected chi connectivity index (χ4v) is 3.30. The van der Waals surface area contributed by atoms with Crippen LogP contribution in [0.4, 0.5) is 0 Å². The van der Waals surface area contributed by atoms with E-state index in [2.05, 4.69) is 15.3 Å². The average Bonchev–Trinajstić information content (AvgIpc) is 3.14. The number of likely N-dealkylation sites (tertiary alicyclic amines) is 1. The summed E-state index contributed by atoms with van der Waals surface area (Å²) in [5.41, 5.74) is 1.64. The van der Waals surface area contributed by atoms with Crippen LogP contribution in [0.3, 0.4) is 0 Å². The molecular weight excluding hydrogens is 328 g/mol. The van der Waals surface area contributed by atoms with E-state index in [4.69, 9.17) is 11.6 Å². The highest BCUT2D eigenvalue weighted by Gasteiger charge is 2.32. The number of aromatic amines is 1. The summed E-state index contributed by atoms with van der Waals surface area (Å²) in [6.07, 6.45) is 1.95. The molecule has 1 aliphatic heterocycles. The molecule has 2 atom stereocenters. The summed E-state index contributed by atoms with van der Waals surface area (Å²) < 4.78 is 0. The predicted molar refractivity (Wildman–Crippen MR) is 92.7 cm³/mol. The first kappa shape index (κ1) is 16.8. The van der Waals surface area contributed by atoms with E-state index in [-0.39, 0.29) is 17.9 Å². The van der Waals surface area contributed by atoms with Crippen molar-refractivity contribution in [3.05, 3.63) is 29.0 Å².